The maximum atomic E-state index is 13.9. The van der Waals surface area contributed by atoms with Crippen molar-refractivity contribution in [1.82, 2.24) is 4.90 Å². The van der Waals surface area contributed by atoms with E-state index in [0.717, 1.165) is 17.7 Å². The summed E-state index contributed by atoms with van der Waals surface area (Å²) in [4.78, 5) is 15.5. The van der Waals surface area contributed by atoms with Crippen LogP contribution >= 0.6 is 22.9 Å². The molecule has 3 rings (SSSR count). The van der Waals surface area contributed by atoms with Crippen molar-refractivity contribution in [2.75, 3.05) is 6.54 Å². The third kappa shape index (κ3) is 2.45. The molecule has 0 radical (unpaired) electrons. The molecule has 0 spiro atoms. The van der Waals surface area contributed by atoms with Gasteiger partial charge in [-0.25, -0.2) is 4.39 Å². The van der Waals surface area contributed by atoms with E-state index in [0.29, 0.717) is 11.6 Å². The van der Waals surface area contributed by atoms with Gasteiger partial charge in [-0.1, -0.05) is 17.7 Å². The van der Waals surface area contributed by atoms with Gasteiger partial charge < -0.3 is 4.90 Å². The summed E-state index contributed by atoms with van der Waals surface area (Å²) in [5.41, 5.74) is 0.0952. The van der Waals surface area contributed by atoms with Crippen molar-refractivity contribution >= 4 is 28.8 Å². The smallest absolute Gasteiger partial charge is 0.257 e. The van der Waals surface area contributed by atoms with E-state index in [-0.39, 0.29) is 17.5 Å². The van der Waals surface area contributed by atoms with Crippen LogP contribution in [-0.4, -0.2) is 17.4 Å². The molecule has 1 aliphatic heterocycles. The lowest BCUT2D eigenvalue weighted by Gasteiger charge is -2.24. The Morgan fingerprint density at radius 2 is 2.25 bits per heavy atom. The summed E-state index contributed by atoms with van der Waals surface area (Å²) in [6.45, 7) is 0.670. The highest BCUT2D eigenvalue weighted by Gasteiger charge is 2.32. The predicted octanol–water partition coefficient (Wildman–Crippen LogP) is 4.52. The lowest BCUT2D eigenvalue weighted by Crippen LogP contribution is -2.30. The van der Waals surface area contributed by atoms with Crippen LogP contribution in [-0.2, 0) is 0 Å². The molecule has 0 bridgehead atoms. The molecule has 1 aromatic heterocycles. The van der Waals surface area contributed by atoms with Crippen LogP contribution in [0.2, 0.25) is 5.02 Å². The zero-order valence-electron chi connectivity index (χ0n) is 10.7. The minimum Gasteiger partial charge on any atom is -0.331 e. The Balaban J connectivity index is 1.89. The maximum absolute atomic E-state index is 13.9. The van der Waals surface area contributed by atoms with Crippen LogP contribution in [0.1, 0.15) is 34.1 Å². The standard InChI is InChI=1S/C15H13ClFNOS/c16-10-5-6-11(12(17)9-10)15(19)18-7-1-3-13(18)14-4-2-8-20-14/h2,4-6,8-9,13H,1,3,7H2. The van der Waals surface area contributed by atoms with Crippen molar-refractivity contribution in [3.8, 4) is 0 Å². The van der Waals surface area contributed by atoms with Crippen LogP contribution in [0.15, 0.2) is 35.7 Å². The minimum atomic E-state index is -0.556. The van der Waals surface area contributed by atoms with Crippen LogP contribution in [0.4, 0.5) is 4.39 Å². The average Bonchev–Trinajstić information content (AvgIpc) is 3.09. The number of hydrogen-bond donors (Lipinski definition) is 0. The molecular formula is C15H13ClFNOS. The summed E-state index contributed by atoms with van der Waals surface area (Å²) in [6, 6.07) is 8.27. The van der Waals surface area contributed by atoms with Crippen molar-refractivity contribution in [2.24, 2.45) is 0 Å². The molecule has 104 valence electrons. The summed E-state index contributed by atoms with van der Waals surface area (Å²) < 4.78 is 13.9. The van der Waals surface area contributed by atoms with E-state index < -0.39 is 5.82 Å². The third-order valence-corrected chi connectivity index (χ3v) is 4.76. The molecular weight excluding hydrogens is 297 g/mol. The van der Waals surface area contributed by atoms with Gasteiger partial charge in [-0.15, -0.1) is 11.3 Å². The molecule has 1 aromatic carbocycles. The number of benzene rings is 1. The van der Waals surface area contributed by atoms with Gasteiger partial charge in [0.25, 0.3) is 5.91 Å². The number of hydrogen-bond acceptors (Lipinski definition) is 2. The SMILES string of the molecule is O=C(c1ccc(Cl)cc1F)N1CCCC1c1cccs1. The summed E-state index contributed by atoms with van der Waals surface area (Å²) in [6.07, 6.45) is 1.88. The maximum Gasteiger partial charge on any atom is 0.257 e. The molecule has 0 N–H and O–H groups in total. The molecule has 0 aliphatic carbocycles. The first-order valence-corrected chi connectivity index (χ1v) is 7.72. The van der Waals surface area contributed by atoms with Gasteiger partial charge in [0.2, 0.25) is 0 Å². The van der Waals surface area contributed by atoms with Gasteiger partial charge in [0.15, 0.2) is 0 Å². The molecule has 1 atom stereocenters. The highest BCUT2D eigenvalue weighted by molar-refractivity contribution is 7.10. The van der Waals surface area contributed by atoms with Crippen molar-refractivity contribution in [3.63, 3.8) is 0 Å². The van der Waals surface area contributed by atoms with Crippen molar-refractivity contribution in [2.45, 2.75) is 18.9 Å². The molecule has 1 unspecified atom stereocenters. The average molecular weight is 310 g/mol. The van der Waals surface area contributed by atoms with Gasteiger partial charge >= 0.3 is 0 Å². The summed E-state index contributed by atoms with van der Waals surface area (Å²) in [5, 5.41) is 2.30. The van der Waals surface area contributed by atoms with Gasteiger partial charge in [0.1, 0.15) is 5.82 Å². The number of carbonyl (C=O) groups is 1. The fraction of sp³-hybridized carbons (Fsp3) is 0.267. The Kier molecular flexibility index (Phi) is 3.76. The van der Waals surface area contributed by atoms with E-state index in [4.69, 9.17) is 11.6 Å². The predicted molar refractivity (Wildman–Crippen MR) is 78.7 cm³/mol. The quantitative estimate of drug-likeness (QED) is 0.799. The topological polar surface area (TPSA) is 20.3 Å². The monoisotopic (exact) mass is 309 g/mol. The first-order chi connectivity index (χ1) is 9.66. The van der Waals surface area contributed by atoms with Crippen LogP contribution in [0.5, 0.6) is 0 Å². The fourth-order valence-corrected chi connectivity index (χ4v) is 3.64. The van der Waals surface area contributed by atoms with E-state index in [2.05, 4.69) is 0 Å². The van der Waals surface area contributed by atoms with Crippen LogP contribution < -0.4 is 0 Å². The number of carbonyl (C=O) groups excluding carboxylic acids is 1. The first-order valence-electron chi connectivity index (χ1n) is 6.46. The molecule has 2 nitrogen and oxygen atoms in total. The van der Waals surface area contributed by atoms with E-state index in [9.17, 15) is 9.18 Å². The highest BCUT2D eigenvalue weighted by atomic mass is 35.5. The zero-order chi connectivity index (χ0) is 14.1. The van der Waals surface area contributed by atoms with Gasteiger partial charge in [-0.2, -0.15) is 0 Å². The Hall–Kier alpha value is -1.39. The zero-order valence-corrected chi connectivity index (χ0v) is 12.3. The van der Waals surface area contributed by atoms with E-state index in [1.807, 2.05) is 17.5 Å². The van der Waals surface area contributed by atoms with E-state index >= 15 is 0 Å². The second kappa shape index (κ2) is 5.54. The van der Waals surface area contributed by atoms with Crippen LogP contribution in [0.25, 0.3) is 0 Å². The minimum absolute atomic E-state index is 0.0672. The number of halogens is 2. The fourth-order valence-electron chi connectivity index (χ4n) is 2.60. The highest BCUT2D eigenvalue weighted by Crippen LogP contribution is 2.35. The number of nitrogens with zero attached hydrogens (tertiary/aromatic N) is 1. The summed E-state index contributed by atoms with van der Waals surface area (Å²) in [5.74, 6) is -0.811. The van der Waals surface area contributed by atoms with E-state index in [1.165, 1.54) is 12.1 Å². The van der Waals surface area contributed by atoms with Gasteiger partial charge in [0, 0.05) is 16.4 Å². The molecule has 1 saturated heterocycles. The molecule has 1 fully saturated rings. The molecule has 5 heteroatoms. The molecule has 1 amide bonds. The molecule has 20 heavy (non-hydrogen) atoms. The second-order valence-corrected chi connectivity index (χ2v) is 6.21. The Morgan fingerprint density at radius 3 is 2.95 bits per heavy atom. The first kappa shape index (κ1) is 13.6. The van der Waals surface area contributed by atoms with Crippen molar-refractivity contribution in [1.29, 1.82) is 0 Å². The third-order valence-electron chi connectivity index (χ3n) is 3.55. The summed E-state index contributed by atoms with van der Waals surface area (Å²) in [7, 11) is 0. The summed E-state index contributed by atoms with van der Waals surface area (Å²) >= 11 is 7.36. The van der Waals surface area contributed by atoms with Gasteiger partial charge in [-0.3, -0.25) is 4.79 Å². The molecule has 1 aliphatic rings. The lowest BCUT2D eigenvalue weighted by molar-refractivity contribution is 0.0733. The largest absolute Gasteiger partial charge is 0.331 e. The Labute approximate surface area is 125 Å². The van der Waals surface area contributed by atoms with Crippen molar-refractivity contribution in [3.05, 3.63) is 57.0 Å². The van der Waals surface area contributed by atoms with Gasteiger partial charge in [0.05, 0.1) is 11.6 Å². The number of rotatable bonds is 2. The number of amides is 1. The van der Waals surface area contributed by atoms with Crippen LogP contribution in [0, 0.1) is 5.82 Å². The molecule has 2 aromatic rings. The second-order valence-electron chi connectivity index (χ2n) is 4.80. The molecule has 2 heterocycles. The molecule has 0 saturated carbocycles. The van der Waals surface area contributed by atoms with Crippen molar-refractivity contribution < 1.29 is 9.18 Å². The number of likely N-dealkylation sites (tertiary alicyclic amines) is 1. The lowest BCUT2D eigenvalue weighted by atomic mass is 10.1. The van der Waals surface area contributed by atoms with Crippen LogP contribution in [0.3, 0.4) is 0 Å². The van der Waals surface area contributed by atoms with Gasteiger partial charge in [-0.05, 0) is 42.5 Å². The Morgan fingerprint density at radius 1 is 1.40 bits per heavy atom. The van der Waals surface area contributed by atoms with E-state index in [1.54, 1.807) is 22.3 Å². The Bertz CT molecular complexity index is 629. The normalized spacial score (nSPS) is 18.5. The number of thiophene rings is 1.